The predicted molar refractivity (Wildman–Crippen MR) is 134 cm³/mol. The lowest BCUT2D eigenvalue weighted by atomic mass is 9.94. The van der Waals surface area contributed by atoms with E-state index in [0.29, 0.717) is 41.9 Å². The van der Waals surface area contributed by atoms with E-state index in [0.717, 1.165) is 24.8 Å². The van der Waals surface area contributed by atoms with Crippen LogP contribution in [0.4, 0.5) is 13.2 Å². The van der Waals surface area contributed by atoms with E-state index < -0.39 is 11.6 Å². The van der Waals surface area contributed by atoms with Gasteiger partial charge in [0.2, 0.25) is 0 Å². The van der Waals surface area contributed by atoms with E-state index in [1.807, 2.05) is 26.0 Å². The van der Waals surface area contributed by atoms with Gasteiger partial charge >= 0.3 is 0 Å². The number of rotatable bonds is 8. The zero-order valence-electron chi connectivity index (χ0n) is 20.2. The SMILES string of the molecule is C/C=C/CCC1OCC(c2ccc(-c3ccc(-c4ccc(CCC)c(F)c4F)cc3)c(F)c2)CO1. The van der Waals surface area contributed by atoms with Crippen molar-refractivity contribution in [2.24, 2.45) is 0 Å². The summed E-state index contributed by atoms with van der Waals surface area (Å²) in [5.74, 6) is -2.01. The van der Waals surface area contributed by atoms with E-state index in [1.54, 1.807) is 42.5 Å². The van der Waals surface area contributed by atoms with Crippen molar-refractivity contribution in [3.05, 3.63) is 95.3 Å². The van der Waals surface area contributed by atoms with Crippen LogP contribution < -0.4 is 0 Å². The molecule has 0 saturated carbocycles. The van der Waals surface area contributed by atoms with Gasteiger partial charge in [-0.2, -0.15) is 0 Å². The molecule has 184 valence electrons. The molecule has 35 heavy (non-hydrogen) atoms. The van der Waals surface area contributed by atoms with Crippen LogP contribution in [0.3, 0.4) is 0 Å². The van der Waals surface area contributed by atoms with E-state index >= 15 is 4.39 Å². The molecule has 0 aliphatic carbocycles. The smallest absolute Gasteiger partial charge is 0.166 e. The zero-order valence-corrected chi connectivity index (χ0v) is 20.2. The molecule has 0 aromatic heterocycles. The Kier molecular flexibility index (Phi) is 8.42. The summed E-state index contributed by atoms with van der Waals surface area (Å²) in [6.45, 7) is 4.90. The Morgan fingerprint density at radius 2 is 1.51 bits per heavy atom. The molecule has 1 fully saturated rings. The molecule has 3 aromatic rings. The number of halogens is 3. The van der Waals surface area contributed by atoms with Gasteiger partial charge in [0.1, 0.15) is 5.82 Å². The second-order valence-corrected chi connectivity index (χ2v) is 8.91. The molecule has 0 radical (unpaired) electrons. The van der Waals surface area contributed by atoms with Crippen LogP contribution in [0.15, 0.2) is 66.7 Å². The van der Waals surface area contributed by atoms with Crippen molar-refractivity contribution in [1.29, 1.82) is 0 Å². The summed E-state index contributed by atoms with van der Waals surface area (Å²) in [5, 5.41) is 0. The number of allylic oxidation sites excluding steroid dienone is 2. The Morgan fingerprint density at radius 1 is 0.857 bits per heavy atom. The molecule has 0 spiro atoms. The monoisotopic (exact) mass is 480 g/mol. The minimum Gasteiger partial charge on any atom is -0.352 e. The van der Waals surface area contributed by atoms with Crippen LogP contribution in [0.1, 0.15) is 50.2 Å². The van der Waals surface area contributed by atoms with Crippen LogP contribution in [0, 0.1) is 17.5 Å². The standard InChI is InChI=1S/C30H31F3O2/c1-3-5-6-8-28-34-18-24(19-35-28)23-14-15-25(27(31)17-23)20-9-11-21(12-10-20)26-16-13-22(7-4-2)29(32)30(26)33/h3,5,9-17,24,28H,4,6-8,18-19H2,1-2H3/b5-3+. The number of hydrogen-bond donors (Lipinski definition) is 0. The van der Waals surface area contributed by atoms with Gasteiger partial charge in [0.15, 0.2) is 17.9 Å². The van der Waals surface area contributed by atoms with E-state index in [4.69, 9.17) is 9.47 Å². The lowest BCUT2D eigenvalue weighted by molar-refractivity contribution is -0.189. The second kappa shape index (κ2) is 11.7. The summed E-state index contributed by atoms with van der Waals surface area (Å²) in [5.41, 5.74) is 3.08. The highest BCUT2D eigenvalue weighted by Crippen LogP contribution is 2.32. The number of ether oxygens (including phenoxy) is 2. The summed E-state index contributed by atoms with van der Waals surface area (Å²) in [6.07, 6.45) is 6.81. The highest BCUT2D eigenvalue weighted by Gasteiger charge is 2.24. The van der Waals surface area contributed by atoms with Gasteiger partial charge in [-0.3, -0.25) is 0 Å². The number of aryl methyl sites for hydroxylation is 1. The van der Waals surface area contributed by atoms with Crippen molar-refractivity contribution in [1.82, 2.24) is 0 Å². The fourth-order valence-electron chi connectivity index (χ4n) is 4.42. The highest BCUT2D eigenvalue weighted by molar-refractivity contribution is 5.71. The Balaban J connectivity index is 1.46. The molecule has 1 aliphatic rings. The first-order chi connectivity index (χ1) is 17.0. The molecular weight excluding hydrogens is 449 g/mol. The summed E-state index contributed by atoms with van der Waals surface area (Å²) < 4.78 is 55.6. The third-order valence-electron chi connectivity index (χ3n) is 6.42. The molecule has 0 bridgehead atoms. The lowest BCUT2D eigenvalue weighted by Gasteiger charge is -2.29. The van der Waals surface area contributed by atoms with Gasteiger partial charge in [-0.25, -0.2) is 13.2 Å². The first-order valence-electron chi connectivity index (χ1n) is 12.2. The van der Waals surface area contributed by atoms with Crippen molar-refractivity contribution < 1.29 is 22.6 Å². The van der Waals surface area contributed by atoms with Crippen molar-refractivity contribution in [2.45, 2.75) is 51.7 Å². The molecule has 1 aliphatic heterocycles. The maximum absolute atomic E-state index is 15.0. The third-order valence-corrected chi connectivity index (χ3v) is 6.42. The first kappa shape index (κ1) is 25.2. The summed E-state index contributed by atoms with van der Waals surface area (Å²) in [7, 11) is 0. The summed E-state index contributed by atoms with van der Waals surface area (Å²) >= 11 is 0. The number of hydrogen-bond acceptors (Lipinski definition) is 2. The van der Waals surface area contributed by atoms with Crippen molar-refractivity contribution in [3.8, 4) is 22.3 Å². The molecule has 1 heterocycles. The quantitative estimate of drug-likeness (QED) is 0.303. The van der Waals surface area contributed by atoms with E-state index in [-0.39, 0.29) is 23.6 Å². The second-order valence-electron chi connectivity index (χ2n) is 8.91. The Morgan fingerprint density at radius 3 is 2.14 bits per heavy atom. The minimum absolute atomic E-state index is 0.0209. The Labute approximate surface area is 205 Å². The van der Waals surface area contributed by atoms with Crippen LogP contribution in [0.2, 0.25) is 0 Å². The highest BCUT2D eigenvalue weighted by atomic mass is 19.2. The average Bonchev–Trinajstić information content (AvgIpc) is 2.88. The fourth-order valence-corrected chi connectivity index (χ4v) is 4.42. The zero-order chi connectivity index (χ0) is 24.8. The van der Waals surface area contributed by atoms with Gasteiger partial charge < -0.3 is 9.47 Å². The maximum Gasteiger partial charge on any atom is 0.166 e. The van der Waals surface area contributed by atoms with Crippen LogP contribution >= 0.6 is 0 Å². The lowest BCUT2D eigenvalue weighted by Crippen LogP contribution is -2.30. The van der Waals surface area contributed by atoms with Gasteiger partial charge in [-0.1, -0.05) is 74.0 Å². The van der Waals surface area contributed by atoms with Crippen molar-refractivity contribution >= 4 is 0 Å². The molecule has 4 rings (SSSR count). The predicted octanol–water partition coefficient (Wildman–Crippen LogP) is 8.20. The van der Waals surface area contributed by atoms with Gasteiger partial charge in [-0.05, 0) is 48.1 Å². The van der Waals surface area contributed by atoms with Crippen molar-refractivity contribution in [3.63, 3.8) is 0 Å². The number of benzene rings is 3. The maximum atomic E-state index is 15.0. The van der Waals surface area contributed by atoms with Gasteiger partial charge in [0.25, 0.3) is 0 Å². The van der Waals surface area contributed by atoms with E-state index in [2.05, 4.69) is 6.08 Å². The molecule has 3 aromatic carbocycles. The normalized spacial score (nSPS) is 18.3. The van der Waals surface area contributed by atoms with E-state index in [9.17, 15) is 8.78 Å². The van der Waals surface area contributed by atoms with Crippen LogP contribution in [0.5, 0.6) is 0 Å². The first-order valence-corrected chi connectivity index (χ1v) is 12.2. The Hall–Kier alpha value is -2.89. The topological polar surface area (TPSA) is 18.5 Å². The van der Waals surface area contributed by atoms with Gasteiger partial charge in [-0.15, -0.1) is 0 Å². The fraction of sp³-hybridized carbons (Fsp3) is 0.333. The summed E-state index contributed by atoms with van der Waals surface area (Å²) in [6, 6.07) is 15.2. The molecule has 0 N–H and O–H groups in total. The Bertz CT molecular complexity index is 1160. The van der Waals surface area contributed by atoms with Gasteiger partial charge in [0.05, 0.1) is 13.2 Å². The molecule has 5 heteroatoms. The average molecular weight is 481 g/mol. The van der Waals surface area contributed by atoms with Crippen molar-refractivity contribution in [2.75, 3.05) is 13.2 Å². The molecular formula is C30H31F3O2. The van der Waals surface area contributed by atoms with Crippen LogP contribution in [0.25, 0.3) is 22.3 Å². The van der Waals surface area contributed by atoms with Crippen LogP contribution in [-0.4, -0.2) is 19.5 Å². The summed E-state index contributed by atoms with van der Waals surface area (Å²) in [4.78, 5) is 0. The minimum atomic E-state index is -0.847. The molecule has 1 saturated heterocycles. The molecule has 0 atom stereocenters. The third kappa shape index (κ3) is 5.85. The molecule has 0 unspecified atom stereocenters. The van der Waals surface area contributed by atoms with Gasteiger partial charge in [0, 0.05) is 23.5 Å². The van der Waals surface area contributed by atoms with Crippen LogP contribution in [-0.2, 0) is 15.9 Å². The largest absolute Gasteiger partial charge is 0.352 e. The molecule has 0 amide bonds. The molecule has 2 nitrogen and oxygen atoms in total. The van der Waals surface area contributed by atoms with E-state index in [1.165, 1.54) is 6.07 Å².